The zero-order chi connectivity index (χ0) is 21.4. The molecule has 160 valence electrons. The fourth-order valence-electron chi connectivity index (χ4n) is 4.22. The van der Waals surface area contributed by atoms with Crippen LogP contribution in [-0.4, -0.2) is 38.0 Å². The van der Waals surface area contributed by atoms with Crippen molar-refractivity contribution in [2.45, 2.75) is 43.6 Å². The SMILES string of the molecule is O=C(O)OC1CCc2sc(-c3ccc(NCC4(c5ncccc5F)CCC4)nn3)nc21. The van der Waals surface area contributed by atoms with Crippen molar-refractivity contribution in [2.75, 3.05) is 11.9 Å². The number of ether oxygens (including phenoxy) is 1. The Morgan fingerprint density at radius 2 is 2.19 bits per heavy atom. The average Bonchev–Trinajstić information content (AvgIpc) is 3.31. The highest BCUT2D eigenvalue weighted by Gasteiger charge is 2.41. The Hall–Kier alpha value is -3.14. The zero-order valence-electron chi connectivity index (χ0n) is 16.5. The number of fused-ring (bicyclic) bond motifs is 1. The molecule has 0 bridgehead atoms. The van der Waals surface area contributed by atoms with Gasteiger partial charge >= 0.3 is 6.16 Å². The minimum Gasteiger partial charge on any atom is -0.450 e. The van der Waals surface area contributed by atoms with Gasteiger partial charge in [0.25, 0.3) is 0 Å². The van der Waals surface area contributed by atoms with Crippen molar-refractivity contribution >= 4 is 23.3 Å². The van der Waals surface area contributed by atoms with Gasteiger partial charge in [-0.25, -0.2) is 14.2 Å². The summed E-state index contributed by atoms with van der Waals surface area (Å²) in [4.78, 5) is 20.7. The highest BCUT2D eigenvalue weighted by atomic mass is 32.1. The van der Waals surface area contributed by atoms with E-state index in [0.29, 0.717) is 40.9 Å². The topological polar surface area (TPSA) is 110 Å². The molecule has 0 radical (unpaired) electrons. The van der Waals surface area contributed by atoms with Crippen LogP contribution in [0.25, 0.3) is 10.7 Å². The highest BCUT2D eigenvalue weighted by Crippen LogP contribution is 2.44. The van der Waals surface area contributed by atoms with Crippen molar-refractivity contribution in [3.63, 3.8) is 0 Å². The van der Waals surface area contributed by atoms with E-state index in [4.69, 9.17) is 9.84 Å². The van der Waals surface area contributed by atoms with Crippen LogP contribution in [0, 0.1) is 5.82 Å². The van der Waals surface area contributed by atoms with E-state index in [1.807, 2.05) is 12.1 Å². The highest BCUT2D eigenvalue weighted by molar-refractivity contribution is 7.15. The van der Waals surface area contributed by atoms with Crippen LogP contribution < -0.4 is 5.32 Å². The maximum atomic E-state index is 14.3. The lowest BCUT2D eigenvalue weighted by Crippen LogP contribution is -2.42. The first kappa shape index (κ1) is 19.8. The second kappa shape index (κ2) is 7.84. The molecule has 5 rings (SSSR count). The van der Waals surface area contributed by atoms with Crippen LogP contribution >= 0.6 is 11.3 Å². The van der Waals surface area contributed by atoms with E-state index in [-0.39, 0.29) is 11.2 Å². The Labute approximate surface area is 181 Å². The number of hydrogen-bond acceptors (Lipinski definition) is 8. The molecule has 0 saturated heterocycles. The van der Waals surface area contributed by atoms with E-state index >= 15 is 0 Å². The molecule has 3 aromatic heterocycles. The van der Waals surface area contributed by atoms with Crippen molar-refractivity contribution in [3.05, 3.63) is 52.5 Å². The molecule has 1 saturated carbocycles. The summed E-state index contributed by atoms with van der Waals surface area (Å²) >= 11 is 1.48. The summed E-state index contributed by atoms with van der Waals surface area (Å²) in [7, 11) is 0. The third-order valence-electron chi connectivity index (χ3n) is 5.97. The summed E-state index contributed by atoms with van der Waals surface area (Å²) < 4.78 is 19.2. The van der Waals surface area contributed by atoms with Gasteiger partial charge in [0.1, 0.15) is 28.4 Å². The van der Waals surface area contributed by atoms with Crippen LogP contribution in [0.15, 0.2) is 30.5 Å². The summed E-state index contributed by atoms with van der Waals surface area (Å²) in [6, 6.07) is 6.70. The number of rotatable bonds is 6. The van der Waals surface area contributed by atoms with Crippen LogP contribution in [0.2, 0.25) is 0 Å². The molecule has 2 N–H and O–H groups in total. The fraction of sp³-hybridized carbons (Fsp3) is 0.381. The lowest BCUT2D eigenvalue weighted by atomic mass is 9.66. The summed E-state index contributed by atoms with van der Waals surface area (Å²) in [5.41, 5.74) is 1.48. The van der Waals surface area contributed by atoms with Gasteiger partial charge in [-0.15, -0.1) is 21.5 Å². The lowest BCUT2D eigenvalue weighted by molar-refractivity contribution is 0.0505. The van der Waals surface area contributed by atoms with E-state index in [1.165, 1.54) is 17.4 Å². The van der Waals surface area contributed by atoms with Gasteiger partial charge < -0.3 is 15.2 Å². The lowest BCUT2D eigenvalue weighted by Gasteiger charge is -2.41. The van der Waals surface area contributed by atoms with Gasteiger partial charge in [-0.1, -0.05) is 6.42 Å². The van der Waals surface area contributed by atoms with Crippen molar-refractivity contribution in [3.8, 4) is 10.7 Å². The number of carboxylic acid groups (broad SMARTS) is 1. The maximum Gasteiger partial charge on any atom is 0.506 e. The minimum atomic E-state index is -1.29. The van der Waals surface area contributed by atoms with E-state index in [2.05, 4.69) is 25.5 Å². The largest absolute Gasteiger partial charge is 0.506 e. The molecule has 0 aromatic carbocycles. The van der Waals surface area contributed by atoms with Crippen LogP contribution in [0.5, 0.6) is 0 Å². The molecule has 2 aliphatic rings. The van der Waals surface area contributed by atoms with E-state index < -0.39 is 12.3 Å². The first-order valence-electron chi connectivity index (χ1n) is 10.1. The Morgan fingerprint density at radius 3 is 2.87 bits per heavy atom. The normalized spacial score (nSPS) is 18.8. The molecular formula is C21H20FN5O3S. The van der Waals surface area contributed by atoms with E-state index in [0.717, 1.165) is 30.6 Å². The number of thiazole rings is 1. The number of anilines is 1. The zero-order valence-corrected chi connectivity index (χ0v) is 17.4. The molecule has 1 atom stereocenters. The first-order valence-corrected chi connectivity index (χ1v) is 10.9. The summed E-state index contributed by atoms with van der Waals surface area (Å²) in [6.45, 7) is 0.536. The molecule has 1 fully saturated rings. The van der Waals surface area contributed by atoms with Crippen LogP contribution in [0.3, 0.4) is 0 Å². The molecule has 0 amide bonds. The molecule has 1 unspecified atom stereocenters. The molecule has 2 aliphatic carbocycles. The monoisotopic (exact) mass is 441 g/mol. The van der Waals surface area contributed by atoms with Gasteiger partial charge in [0.05, 0.1) is 11.4 Å². The van der Waals surface area contributed by atoms with Gasteiger partial charge in [0.15, 0.2) is 0 Å². The smallest absolute Gasteiger partial charge is 0.450 e. The number of nitrogens with one attached hydrogen (secondary N) is 1. The quantitative estimate of drug-likeness (QED) is 0.543. The molecule has 3 aromatic rings. The number of hydrogen-bond donors (Lipinski definition) is 2. The number of pyridine rings is 1. The first-order chi connectivity index (χ1) is 15.0. The predicted octanol–water partition coefficient (Wildman–Crippen LogP) is 4.35. The summed E-state index contributed by atoms with van der Waals surface area (Å²) in [6.07, 6.45) is 3.98. The second-order valence-electron chi connectivity index (χ2n) is 7.86. The molecule has 3 heterocycles. The van der Waals surface area contributed by atoms with Crippen LogP contribution in [0.4, 0.5) is 15.0 Å². The fourth-order valence-corrected chi connectivity index (χ4v) is 5.31. The Morgan fingerprint density at radius 1 is 1.32 bits per heavy atom. The van der Waals surface area contributed by atoms with Gasteiger partial charge in [-0.05, 0) is 49.9 Å². The maximum absolute atomic E-state index is 14.3. The van der Waals surface area contributed by atoms with Crippen LogP contribution in [-0.2, 0) is 16.6 Å². The average molecular weight is 441 g/mol. The number of aryl methyl sites for hydroxylation is 1. The molecule has 0 spiro atoms. The molecular weight excluding hydrogens is 421 g/mol. The molecule has 0 aliphatic heterocycles. The number of carbonyl (C=O) groups is 1. The summed E-state index contributed by atoms with van der Waals surface area (Å²) in [5.74, 6) is 0.329. The molecule has 8 nitrogen and oxygen atoms in total. The Balaban J connectivity index is 1.28. The third-order valence-corrected chi connectivity index (χ3v) is 7.13. The number of aromatic nitrogens is 4. The second-order valence-corrected chi connectivity index (χ2v) is 8.95. The minimum absolute atomic E-state index is 0.271. The Bertz CT molecular complexity index is 1120. The van der Waals surface area contributed by atoms with Crippen molar-refractivity contribution in [2.24, 2.45) is 0 Å². The Kier molecular flexibility index (Phi) is 5.01. The molecule has 10 heteroatoms. The van der Waals surface area contributed by atoms with Crippen LogP contribution in [0.1, 0.15) is 48.1 Å². The number of halogens is 1. The summed E-state index contributed by atoms with van der Waals surface area (Å²) in [5, 5.41) is 21.4. The van der Waals surface area contributed by atoms with Gasteiger partial charge in [-0.2, -0.15) is 0 Å². The van der Waals surface area contributed by atoms with Gasteiger partial charge in [-0.3, -0.25) is 4.98 Å². The van der Waals surface area contributed by atoms with Crippen molar-refractivity contribution in [1.82, 2.24) is 20.2 Å². The predicted molar refractivity (Wildman–Crippen MR) is 112 cm³/mol. The standard InChI is InChI=1S/C21H20FN5O3S/c22-12-3-1-10-23-18(12)21(8-2-9-21)11-24-16-7-4-13(26-27-16)19-25-17-14(30-20(28)29)5-6-15(17)31-19/h1,3-4,7,10,14H,2,5-6,8-9,11H2,(H,24,27)(H,28,29). The van der Waals surface area contributed by atoms with E-state index in [1.54, 1.807) is 12.3 Å². The van der Waals surface area contributed by atoms with E-state index in [9.17, 15) is 9.18 Å². The molecule has 31 heavy (non-hydrogen) atoms. The number of nitrogens with zero attached hydrogens (tertiary/aromatic N) is 4. The van der Waals surface area contributed by atoms with Crippen molar-refractivity contribution in [1.29, 1.82) is 0 Å². The van der Waals surface area contributed by atoms with Gasteiger partial charge in [0.2, 0.25) is 0 Å². The van der Waals surface area contributed by atoms with Gasteiger partial charge in [0, 0.05) is 23.0 Å². The third kappa shape index (κ3) is 3.71. The van der Waals surface area contributed by atoms with Crippen molar-refractivity contribution < 1.29 is 19.0 Å².